The van der Waals surface area contributed by atoms with Crippen LogP contribution in [0.2, 0.25) is 0 Å². The summed E-state index contributed by atoms with van der Waals surface area (Å²) in [6.45, 7) is 4.35. The molecule has 0 aliphatic rings. The Balaban J connectivity index is 1.81. The van der Waals surface area contributed by atoms with Gasteiger partial charge in [-0.15, -0.1) is 0 Å². The maximum absolute atomic E-state index is 13.6. The van der Waals surface area contributed by atoms with E-state index >= 15 is 0 Å². The molecular weight excluding hydrogens is 400 g/mol. The van der Waals surface area contributed by atoms with Gasteiger partial charge in [-0.2, -0.15) is 0 Å². The van der Waals surface area contributed by atoms with Crippen molar-refractivity contribution in [1.82, 2.24) is 4.98 Å². The van der Waals surface area contributed by atoms with Crippen molar-refractivity contribution in [3.8, 4) is 11.5 Å². The van der Waals surface area contributed by atoms with Gasteiger partial charge in [0.2, 0.25) is 0 Å². The Hall–Kier alpha value is -3.32. The van der Waals surface area contributed by atoms with Crippen molar-refractivity contribution < 1.29 is 18.7 Å². The standard InChI is InChI=1S/C23H22N2O4S/c1-14-8-15(2)21-20(9-14)30-23(24-21)25(13-17-6-5-7-29-17)22(26)16-10-18(27-3)12-19(11-16)28-4/h5-12H,13H2,1-4H3. The SMILES string of the molecule is COc1cc(OC)cc(C(=O)N(Cc2ccco2)c2nc3c(C)cc(C)cc3s2)c1. The first-order valence-electron chi connectivity index (χ1n) is 9.43. The van der Waals surface area contributed by atoms with Crippen LogP contribution in [0.4, 0.5) is 5.13 Å². The molecule has 4 aromatic rings. The Morgan fingerprint density at radius 1 is 1.10 bits per heavy atom. The van der Waals surface area contributed by atoms with Crippen molar-refractivity contribution in [3.63, 3.8) is 0 Å². The smallest absolute Gasteiger partial charge is 0.260 e. The number of fused-ring (bicyclic) bond motifs is 1. The number of anilines is 1. The molecule has 30 heavy (non-hydrogen) atoms. The van der Waals surface area contributed by atoms with Gasteiger partial charge in [0.15, 0.2) is 5.13 Å². The third-order valence-electron chi connectivity index (χ3n) is 4.79. The molecule has 1 amide bonds. The van der Waals surface area contributed by atoms with Crippen molar-refractivity contribution in [1.29, 1.82) is 0 Å². The molecule has 7 heteroatoms. The normalized spacial score (nSPS) is 10.9. The zero-order chi connectivity index (χ0) is 21.3. The van der Waals surface area contributed by atoms with Crippen LogP contribution < -0.4 is 14.4 Å². The zero-order valence-electron chi connectivity index (χ0n) is 17.3. The number of aryl methyl sites for hydroxylation is 2. The van der Waals surface area contributed by atoms with Gasteiger partial charge in [-0.1, -0.05) is 17.4 Å². The number of thiazole rings is 1. The van der Waals surface area contributed by atoms with Crippen molar-refractivity contribution in [2.75, 3.05) is 19.1 Å². The summed E-state index contributed by atoms with van der Waals surface area (Å²) < 4.78 is 17.2. The lowest BCUT2D eigenvalue weighted by Gasteiger charge is -2.19. The van der Waals surface area contributed by atoms with E-state index in [1.807, 2.05) is 13.0 Å². The highest BCUT2D eigenvalue weighted by Crippen LogP contribution is 2.34. The number of benzene rings is 2. The Labute approximate surface area is 178 Å². The summed E-state index contributed by atoms with van der Waals surface area (Å²) in [4.78, 5) is 20.0. The fourth-order valence-corrected chi connectivity index (χ4v) is 4.49. The van der Waals surface area contributed by atoms with Crippen molar-refractivity contribution >= 4 is 32.6 Å². The number of carbonyl (C=O) groups is 1. The second kappa shape index (κ2) is 8.20. The minimum Gasteiger partial charge on any atom is -0.497 e. The predicted octanol–water partition coefficient (Wildman–Crippen LogP) is 5.37. The molecular formula is C23H22N2O4S. The highest BCUT2D eigenvalue weighted by Gasteiger charge is 2.24. The Bertz CT molecular complexity index is 1180. The van der Waals surface area contributed by atoms with Gasteiger partial charge in [0, 0.05) is 11.6 Å². The number of carbonyl (C=O) groups excluding carboxylic acids is 1. The number of hydrogen-bond acceptors (Lipinski definition) is 6. The highest BCUT2D eigenvalue weighted by atomic mass is 32.1. The topological polar surface area (TPSA) is 64.8 Å². The third kappa shape index (κ3) is 3.89. The van der Waals surface area contributed by atoms with Crippen LogP contribution in [0.15, 0.2) is 53.1 Å². The van der Waals surface area contributed by atoms with Crippen LogP contribution >= 0.6 is 11.3 Å². The molecule has 0 N–H and O–H groups in total. The molecule has 0 spiro atoms. The van der Waals surface area contributed by atoms with E-state index < -0.39 is 0 Å². The van der Waals surface area contributed by atoms with Crippen LogP contribution in [0.25, 0.3) is 10.2 Å². The summed E-state index contributed by atoms with van der Waals surface area (Å²) in [6.07, 6.45) is 1.60. The summed E-state index contributed by atoms with van der Waals surface area (Å²) in [5.41, 5.74) is 3.60. The van der Waals surface area contributed by atoms with Crippen LogP contribution in [0.3, 0.4) is 0 Å². The summed E-state index contributed by atoms with van der Waals surface area (Å²) in [5.74, 6) is 1.56. The van der Waals surface area contributed by atoms with Gasteiger partial charge in [-0.05, 0) is 55.3 Å². The van der Waals surface area contributed by atoms with Crippen LogP contribution in [0.5, 0.6) is 11.5 Å². The number of furan rings is 1. The molecule has 0 radical (unpaired) electrons. The molecule has 0 bridgehead atoms. The van der Waals surface area contributed by atoms with E-state index in [-0.39, 0.29) is 12.5 Å². The molecule has 0 aliphatic heterocycles. The van der Waals surface area contributed by atoms with Gasteiger partial charge in [0.05, 0.1) is 37.2 Å². The van der Waals surface area contributed by atoms with Crippen LogP contribution in [0, 0.1) is 13.8 Å². The van der Waals surface area contributed by atoms with Crippen LogP contribution in [0.1, 0.15) is 27.2 Å². The monoisotopic (exact) mass is 422 g/mol. The lowest BCUT2D eigenvalue weighted by molar-refractivity contribution is 0.0982. The average molecular weight is 423 g/mol. The predicted molar refractivity (Wildman–Crippen MR) is 118 cm³/mol. The van der Waals surface area contributed by atoms with Crippen LogP contribution in [-0.4, -0.2) is 25.1 Å². The molecule has 0 saturated heterocycles. The van der Waals surface area contributed by atoms with Gasteiger partial charge in [0.25, 0.3) is 5.91 Å². The first kappa shape index (κ1) is 20.0. The zero-order valence-corrected chi connectivity index (χ0v) is 18.1. The van der Waals surface area contributed by atoms with E-state index in [1.54, 1.807) is 49.6 Å². The van der Waals surface area contributed by atoms with Crippen molar-refractivity contribution in [2.24, 2.45) is 0 Å². The van der Waals surface area contributed by atoms with E-state index in [0.29, 0.717) is 28.0 Å². The Morgan fingerprint density at radius 2 is 1.83 bits per heavy atom. The van der Waals surface area contributed by atoms with Crippen molar-refractivity contribution in [3.05, 3.63) is 71.2 Å². The molecule has 0 atom stereocenters. The van der Waals surface area contributed by atoms with Crippen molar-refractivity contribution in [2.45, 2.75) is 20.4 Å². The first-order valence-corrected chi connectivity index (χ1v) is 10.2. The van der Waals surface area contributed by atoms with E-state index in [4.69, 9.17) is 18.9 Å². The number of amides is 1. The average Bonchev–Trinajstić information content (AvgIpc) is 3.40. The summed E-state index contributed by atoms with van der Waals surface area (Å²) in [7, 11) is 3.12. The van der Waals surface area contributed by atoms with Gasteiger partial charge in [0.1, 0.15) is 17.3 Å². The Morgan fingerprint density at radius 3 is 2.47 bits per heavy atom. The lowest BCUT2D eigenvalue weighted by Crippen LogP contribution is -2.30. The van der Waals surface area contributed by atoms with Gasteiger partial charge in [-0.3, -0.25) is 9.69 Å². The Kier molecular flexibility index (Phi) is 5.46. The molecule has 4 rings (SSSR count). The van der Waals surface area contributed by atoms with E-state index in [2.05, 4.69) is 19.1 Å². The number of rotatable bonds is 6. The van der Waals surface area contributed by atoms with Crippen LogP contribution in [-0.2, 0) is 6.54 Å². The number of ether oxygens (including phenoxy) is 2. The largest absolute Gasteiger partial charge is 0.497 e. The fourth-order valence-electron chi connectivity index (χ4n) is 3.35. The second-order valence-electron chi connectivity index (χ2n) is 7.00. The van der Waals surface area contributed by atoms with Gasteiger partial charge >= 0.3 is 0 Å². The van der Waals surface area contributed by atoms with Gasteiger partial charge < -0.3 is 13.9 Å². The summed E-state index contributed by atoms with van der Waals surface area (Å²) >= 11 is 1.49. The minimum atomic E-state index is -0.211. The number of hydrogen-bond donors (Lipinski definition) is 0. The number of nitrogens with zero attached hydrogens (tertiary/aromatic N) is 2. The maximum Gasteiger partial charge on any atom is 0.260 e. The third-order valence-corrected chi connectivity index (χ3v) is 5.81. The molecule has 154 valence electrons. The molecule has 0 unspecified atom stereocenters. The fraction of sp³-hybridized carbons (Fsp3) is 0.217. The van der Waals surface area contributed by atoms with Gasteiger partial charge in [-0.25, -0.2) is 4.98 Å². The molecule has 0 fully saturated rings. The molecule has 2 aromatic heterocycles. The number of methoxy groups -OCH3 is 2. The second-order valence-corrected chi connectivity index (χ2v) is 8.01. The quantitative estimate of drug-likeness (QED) is 0.418. The van der Waals surface area contributed by atoms with E-state index in [0.717, 1.165) is 21.3 Å². The molecule has 2 heterocycles. The summed E-state index contributed by atoms with van der Waals surface area (Å²) in [6, 6.07) is 13.0. The minimum absolute atomic E-state index is 0.211. The molecule has 6 nitrogen and oxygen atoms in total. The molecule has 0 aliphatic carbocycles. The molecule has 0 saturated carbocycles. The lowest BCUT2D eigenvalue weighted by atomic mass is 10.1. The maximum atomic E-state index is 13.6. The first-order chi connectivity index (χ1) is 14.5. The highest BCUT2D eigenvalue weighted by molar-refractivity contribution is 7.22. The summed E-state index contributed by atoms with van der Waals surface area (Å²) in [5, 5.41) is 0.613. The molecule has 2 aromatic carbocycles. The number of aromatic nitrogens is 1. The van der Waals surface area contributed by atoms with E-state index in [1.165, 1.54) is 11.3 Å². The van der Waals surface area contributed by atoms with E-state index in [9.17, 15) is 4.79 Å².